The van der Waals surface area contributed by atoms with Gasteiger partial charge >= 0.3 is 0 Å². The molecular formula is C8H16N2O. The van der Waals surface area contributed by atoms with E-state index in [1.54, 1.807) is 0 Å². The number of hydrogen-bond donors (Lipinski definition) is 1. The normalized spacial score (nSPS) is 40.1. The van der Waals surface area contributed by atoms with Crippen molar-refractivity contribution in [2.75, 3.05) is 39.8 Å². The fraction of sp³-hybridized carbons (Fsp3) is 1.00. The van der Waals surface area contributed by atoms with Crippen molar-refractivity contribution in [2.45, 2.75) is 12.0 Å². The van der Waals surface area contributed by atoms with Crippen LogP contribution in [0.2, 0.25) is 0 Å². The molecule has 3 nitrogen and oxygen atoms in total. The lowest BCUT2D eigenvalue weighted by Crippen LogP contribution is -2.51. The summed E-state index contributed by atoms with van der Waals surface area (Å²) in [5.41, 5.74) is 0.160. The SMILES string of the molecule is CN1CCO[C@@]2(CCNC2)C1. The Morgan fingerprint density at radius 2 is 2.45 bits per heavy atom. The monoisotopic (exact) mass is 156 g/mol. The molecule has 64 valence electrons. The molecule has 0 unspecified atom stereocenters. The van der Waals surface area contributed by atoms with Crippen LogP contribution in [0.15, 0.2) is 0 Å². The van der Waals surface area contributed by atoms with Crippen molar-refractivity contribution in [1.82, 2.24) is 10.2 Å². The van der Waals surface area contributed by atoms with Gasteiger partial charge in [0.15, 0.2) is 0 Å². The van der Waals surface area contributed by atoms with Crippen LogP contribution in [0.5, 0.6) is 0 Å². The van der Waals surface area contributed by atoms with E-state index in [4.69, 9.17) is 4.74 Å². The fourth-order valence-corrected chi connectivity index (χ4v) is 2.01. The molecule has 1 N–H and O–H groups in total. The first kappa shape index (κ1) is 7.53. The van der Waals surface area contributed by atoms with Crippen molar-refractivity contribution < 1.29 is 4.74 Å². The zero-order chi connectivity index (χ0) is 7.73. The Morgan fingerprint density at radius 3 is 3.09 bits per heavy atom. The number of likely N-dealkylation sites (N-methyl/N-ethyl adjacent to an activating group) is 1. The smallest absolute Gasteiger partial charge is 0.0944 e. The van der Waals surface area contributed by atoms with Crippen LogP contribution in [0, 0.1) is 0 Å². The molecule has 2 heterocycles. The molecule has 2 rings (SSSR count). The molecule has 1 spiro atoms. The van der Waals surface area contributed by atoms with Crippen LogP contribution in [0.3, 0.4) is 0 Å². The predicted molar refractivity (Wildman–Crippen MR) is 43.7 cm³/mol. The first-order chi connectivity index (χ1) is 5.31. The van der Waals surface area contributed by atoms with E-state index in [-0.39, 0.29) is 5.60 Å². The van der Waals surface area contributed by atoms with Crippen molar-refractivity contribution in [2.24, 2.45) is 0 Å². The highest BCUT2D eigenvalue weighted by atomic mass is 16.5. The summed E-state index contributed by atoms with van der Waals surface area (Å²) in [6, 6.07) is 0. The molecule has 0 bridgehead atoms. The third-order valence-corrected chi connectivity index (χ3v) is 2.64. The van der Waals surface area contributed by atoms with Crippen molar-refractivity contribution in [1.29, 1.82) is 0 Å². The van der Waals surface area contributed by atoms with Crippen LogP contribution in [0.25, 0.3) is 0 Å². The Labute approximate surface area is 67.7 Å². The molecule has 2 saturated heterocycles. The molecule has 3 heteroatoms. The van der Waals surface area contributed by atoms with Gasteiger partial charge in [0, 0.05) is 19.6 Å². The molecule has 0 saturated carbocycles. The maximum atomic E-state index is 5.79. The highest BCUT2D eigenvalue weighted by molar-refractivity contribution is 4.94. The number of nitrogens with zero attached hydrogens (tertiary/aromatic N) is 1. The molecule has 11 heavy (non-hydrogen) atoms. The fourth-order valence-electron chi connectivity index (χ4n) is 2.01. The van der Waals surface area contributed by atoms with Gasteiger partial charge in [0.2, 0.25) is 0 Å². The molecule has 0 aromatic rings. The van der Waals surface area contributed by atoms with Crippen LogP contribution in [-0.2, 0) is 4.74 Å². The first-order valence-corrected chi connectivity index (χ1v) is 4.34. The third kappa shape index (κ3) is 1.41. The summed E-state index contributed by atoms with van der Waals surface area (Å²) < 4.78 is 5.79. The minimum absolute atomic E-state index is 0.160. The van der Waals surface area contributed by atoms with E-state index in [1.807, 2.05) is 0 Å². The minimum atomic E-state index is 0.160. The second-order valence-electron chi connectivity index (χ2n) is 3.70. The van der Waals surface area contributed by atoms with Crippen molar-refractivity contribution in [3.05, 3.63) is 0 Å². The third-order valence-electron chi connectivity index (χ3n) is 2.64. The van der Waals surface area contributed by atoms with E-state index < -0.39 is 0 Å². The van der Waals surface area contributed by atoms with Crippen molar-refractivity contribution in [3.8, 4) is 0 Å². The second-order valence-corrected chi connectivity index (χ2v) is 3.70. The lowest BCUT2D eigenvalue weighted by atomic mass is 10.0. The molecule has 0 aliphatic carbocycles. The summed E-state index contributed by atoms with van der Waals surface area (Å²) in [6.45, 7) is 5.24. The number of nitrogens with one attached hydrogen (secondary N) is 1. The largest absolute Gasteiger partial charge is 0.371 e. The summed E-state index contributed by atoms with van der Waals surface area (Å²) in [4.78, 5) is 2.36. The molecule has 0 aromatic carbocycles. The van der Waals surface area contributed by atoms with Gasteiger partial charge in [-0.2, -0.15) is 0 Å². The lowest BCUT2D eigenvalue weighted by Gasteiger charge is -2.38. The summed E-state index contributed by atoms with van der Waals surface area (Å²) in [5, 5.41) is 3.35. The van der Waals surface area contributed by atoms with E-state index in [0.717, 1.165) is 32.8 Å². The van der Waals surface area contributed by atoms with Crippen LogP contribution < -0.4 is 5.32 Å². The molecule has 0 radical (unpaired) electrons. The Kier molecular flexibility index (Phi) is 1.87. The zero-order valence-corrected chi connectivity index (χ0v) is 7.10. The highest BCUT2D eigenvalue weighted by Gasteiger charge is 2.37. The van der Waals surface area contributed by atoms with E-state index in [2.05, 4.69) is 17.3 Å². The average Bonchev–Trinajstić information content (AvgIpc) is 2.37. The van der Waals surface area contributed by atoms with Gasteiger partial charge < -0.3 is 15.0 Å². The van der Waals surface area contributed by atoms with Gasteiger partial charge in [0.1, 0.15) is 0 Å². The van der Waals surface area contributed by atoms with Crippen LogP contribution in [0.1, 0.15) is 6.42 Å². The number of morpholine rings is 1. The lowest BCUT2D eigenvalue weighted by molar-refractivity contribution is -0.0896. The Hall–Kier alpha value is -0.120. The van der Waals surface area contributed by atoms with E-state index in [0.29, 0.717) is 0 Å². The number of hydrogen-bond acceptors (Lipinski definition) is 3. The molecule has 1 atom stereocenters. The van der Waals surface area contributed by atoms with Crippen LogP contribution in [0.4, 0.5) is 0 Å². The number of rotatable bonds is 0. The minimum Gasteiger partial charge on any atom is -0.371 e. The van der Waals surface area contributed by atoms with Crippen molar-refractivity contribution >= 4 is 0 Å². The van der Waals surface area contributed by atoms with Gasteiger partial charge in [0.05, 0.1) is 12.2 Å². The van der Waals surface area contributed by atoms with Gasteiger partial charge in [-0.1, -0.05) is 0 Å². The van der Waals surface area contributed by atoms with Gasteiger partial charge in [-0.05, 0) is 20.0 Å². The maximum absolute atomic E-state index is 5.79. The standard InChI is InChI=1S/C8H16N2O/c1-10-4-5-11-8(7-10)2-3-9-6-8/h9H,2-7H2,1H3/t8-/m1/s1. The number of ether oxygens (including phenoxy) is 1. The molecule has 2 aliphatic rings. The van der Waals surface area contributed by atoms with Crippen LogP contribution in [-0.4, -0.2) is 50.3 Å². The summed E-state index contributed by atoms with van der Waals surface area (Å²) in [7, 11) is 2.17. The van der Waals surface area contributed by atoms with E-state index in [9.17, 15) is 0 Å². The molecule has 2 aliphatic heterocycles. The predicted octanol–water partition coefficient (Wildman–Crippen LogP) is -0.319. The summed E-state index contributed by atoms with van der Waals surface area (Å²) >= 11 is 0. The van der Waals surface area contributed by atoms with Gasteiger partial charge in [-0.15, -0.1) is 0 Å². The molecular weight excluding hydrogens is 140 g/mol. The van der Waals surface area contributed by atoms with Gasteiger partial charge in [-0.3, -0.25) is 0 Å². The quantitative estimate of drug-likeness (QED) is 0.520. The molecule has 2 fully saturated rings. The molecule has 0 aromatic heterocycles. The Bertz CT molecular complexity index is 143. The van der Waals surface area contributed by atoms with Gasteiger partial charge in [0.25, 0.3) is 0 Å². The zero-order valence-electron chi connectivity index (χ0n) is 7.10. The van der Waals surface area contributed by atoms with Crippen LogP contribution >= 0.6 is 0 Å². The summed E-state index contributed by atoms with van der Waals surface area (Å²) in [5.74, 6) is 0. The Morgan fingerprint density at radius 1 is 1.55 bits per heavy atom. The topological polar surface area (TPSA) is 24.5 Å². The highest BCUT2D eigenvalue weighted by Crippen LogP contribution is 2.23. The molecule has 0 amide bonds. The van der Waals surface area contributed by atoms with E-state index in [1.165, 1.54) is 6.42 Å². The average molecular weight is 156 g/mol. The van der Waals surface area contributed by atoms with E-state index >= 15 is 0 Å². The van der Waals surface area contributed by atoms with Gasteiger partial charge in [-0.25, -0.2) is 0 Å². The van der Waals surface area contributed by atoms with Crippen molar-refractivity contribution in [3.63, 3.8) is 0 Å². The Balaban J connectivity index is 2.00. The maximum Gasteiger partial charge on any atom is 0.0944 e. The second kappa shape index (κ2) is 2.73. The summed E-state index contributed by atoms with van der Waals surface area (Å²) in [6.07, 6.45) is 1.18. The first-order valence-electron chi connectivity index (χ1n) is 4.34.